The number of rotatable bonds is 4. The molecule has 0 unspecified atom stereocenters. The van der Waals surface area contributed by atoms with Crippen LogP contribution in [0.3, 0.4) is 0 Å². The second-order valence-electron chi connectivity index (χ2n) is 7.15. The summed E-state index contributed by atoms with van der Waals surface area (Å²) in [4.78, 5) is 12.4. The van der Waals surface area contributed by atoms with Crippen molar-refractivity contribution in [3.05, 3.63) is 42.2 Å². The van der Waals surface area contributed by atoms with Crippen molar-refractivity contribution in [3.63, 3.8) is 0 Å². The van der Waals surface area contributed by atoms with Crippen LogP contribution in [0, 0.1) is 11.8 Å². The van der Waals surface area contributed by atoms with E-state index in [1.165, 1.54) is 18.3 Å². The minimum Gasteiger partial charge on any atom is -0.322 e. The number of sulfonamides is 1. The van der Waals surface area contributed by atoms with E-state index in [1.54, 1.807) is 34.4 Å². The Balaban J connectivity index is 1.73. The van der Waals surface area contributed by atoms with Gasteiger partial charge in [-0.25, -0.2) is 8.42 Å². The minimum atomic E-state index is -3.51. The van der Waals surface area contributed by atoms with Crippen molar-refractivity contribution in [1.29, 1.82) is 0 Å². The fraction of sp³-hybridized carbons (Fsp3) is 0.444. The van der Waals surface area contributed by atoms with Crippen molar-refractivity contribution in [1.82, 2.24) is 14.1 Å². The molecular formula is C18H24N4O3S. The van der Waals surface area contributed by atoms with Crippen molar-refractivity contribution in [2.75, 3.05) is 18.4 Å². The number of aryl methyl sites for hydroxylation is 1. The van der Waals surface area contributed by atoms with Crippen LogP contribution in [0.4, 0.5) is 5.69 Å². The molecule has 1 saturated heterocycles. The number of piperidine rings is 1. The van der Waals surface area contributed by atoms with Crippen LogP contribution in [-0.2, 0) is 17.1 Å². The molecule has 1 amide bonds. The van der Waals surface area contributed by atoms with Gasteiger partial charge in [-0.15, -0.1) is 0 Å². The third-order valence-electron chi connectivity index (χ3n) is 4.55. The Hall–Kier alpha value is -2.19. The standard InChI is InChI=1S/C18H24N4O3S/c1-13-8-14(2)11-22(10-13)26(24,25)17-6-4-16(5-7-17)20-18(23)15-9-19-21(3)12-15/h4-7,9,12-14H,8,10-11H2,1-3H3,(H,20,23)/t13-,14-/m1/s1. The lowest BCUT2D eigenvalue weighted by Gasteiger charge is -2.34. The molecule has 2 aromatic rings. The predicted octanol–water partition coefficient (Wildman–Crippen LogP) is 2.34. The van der Waals surface area contributed by atoms with Gasteiger partial charge in [-0.05, 0) is 42.5 Å². The molecule has 3 rings (SSSR count). The van der Waals surface area contributed by atoms with Gasteiger partial charge in [0.2, 0.25) is 10.0 Å². The molecule has 26 heavy (non-hydrogen) atoms. The van der Waals surface area contributed by atoms with E-state index in [0.717, 1.165) is 6.42 Å². The van der Waals surface area contributed by atoms with Crippen molar-refractivity contribution >= 4 is 21.6 Å². The fourth-order valence-corrected chi connectivity index (χ4v) is 5.08. The largest absolute Gasteiger partial charge is 0.322 e. The number of nitrogens with one attached hydrogen (secondary N) is 1. The molecule has 2 atom stereocenters. The average Bonchev–Trinajstić information content (AvgIpc) is 3.01. The molecule has 0 radical (unpaired) electrons. The molecular weight excluding hydrogens is 352 g/mol. The lowest BCUT2D eigenvalue weighted by atomic mass is 9.94. The number of amides is 1. The van der Waals surface area contributed by atoms with Gasteiger partial charge in [0.25, 0.3) is 5.91 Å². The summed E-state index contributed by atoms with van der Waals surface area (Å²) in [5.74, 6) is 0.422. The fourth-order valence-electron chi connectivity index (χ4n) is 3.40. The summed E-state index contributed by atoms with van der Waals surface area (Å²) in [5, 5.41) is 6.70. The van der Waals surface area contributed by atoms with E-state index in [0.29, 0.717) is 36.2 Å². The second-order valence-corrected chi connectivity index (χ2v) is 9.09. The van der Waals surface area contributed by atoms with Crippen molar-refractivity contribution in [3.8, 4) is 0 Å². The molecule has 1 N–H and O–H groups in total. The predicted molar refractivity (Wildman–Crippen MR) is 99.3 cm³/mol. The highest BCUT2D eigenvalue weighted by atomic mass is 32.2. The molecule has 1 aromatic carbocycles. The minimum absolute atomic E-state index is 0.248. The van der Waals surface area contributed by atoms with Gasteiger partial charge < -0.3 is 5.32 Å². The first-order chi connectivity index (χ1) is 12.3. The molecule has 0 aliphatic carbocycles. The van der Waals surface area contributed by atoms with Crippen LogP contribution in [-0.4, -0.2) is 41.5 Å². The number of carbonyl (C=O) groups is 1. The van der Waals surface area contributed by atoms with Gasteiger partial charge in [-0.2, -0.15) is 9.40 Å². The molecule has 7 nitrogen and oxygen atoms in total. The summed E-state index contributed by atoms with van der Waals surface area (Å²) in [6.45, 7) is 5.25. The van der Waals surface area contributed by atoms with Gasteiger partial charge in [0, 0.05) is 32.0 Å². The first-order valence-electron chi connectivity index (χ1n) is 8.66. The van der Waals surface area contributed by atoms with E-state index < -0.39 is 10.0 Å². The van der Waals surface area contributed by atoms with Gasteiger partial charge in [-0.1, -0.05) is 13.8 Å². The van der Waals surface area contributed by atoms with Gasteiger partial charge >= 0.3 is 0 Å². The molecule has 1 aromatic heterocycles. The number of anilines is 1. The SMILES string of the molecule is C[C@@H]1C[C@@H](C)CN(S(=O)(=O)c2ccc(NC(=O)c3cnn(C)c3)cc2)C1. The molecule has 140 valence electrons. The number of benzene rings is 1. The van der Waals surface area contributed by atoms with E-state index in [9.17, 15) is 13.2 Å². The molecule has 0 bridgehead atoms. The highest BCUT2D eigenvalue weighted by Gasteiger charge is 2.31. The Morgan fingerprint density at radius 2 is 1.77 bits per heavy atom. The Bertz CT molecular complexity index is 879. The third kappa shape index (κ3) is 3.96. The maximum absolute atomic E-state index is 12.9. The zero-order valence-electron chi connectivity index (χ0n) is 15.2. The molecule has 1 aliphatic heterocycles. The van der Waals surface area contributed by atoms with Crippen molar-refractivity contribution in [2.45, 2.75) is 25.2 Å². The topological polar surface area (TPSA) is 84.3 Å². The van der Waals surface area contributed by atoms with Crippen LogP contribution < -0.4 is 5.32 Å². The van der Waals surface area contributed by atoms with E-state index in [1.807, 2.05) is 0 Å². The number of hydrogen-bond acceptors (Lipinski definition) is 4. The molecule has 1 fully saturated rings. The highest BCUT2D eigenvalue weighted by Crippen LogP contribution is 2.27. The van der Waals surface area contributed by atoms with Crippen LogP contribution in [0.15, 0.2) is 41.6 Å². The summed E-state index contributed by atoms with van der Waals surface area (Å²) in [5.41, 5.74) is 0.985. The van der Waals surface area contributed by atoms with E-state index in [2.05, 4.69) is 24.3 Å². The maximum Gasteiger partial charge on any atom is 0.258 e. The van der Waals surface area contributed by atoms with Crippen LogP contribution >= 0.6 is 0 Å². The summed E-state index contributed by atoms with van der Waals surface area (Å²) in [7, 11) is -1.78. The van der Waals surface area contributed by atoms with Gasteiger partial charge in [0.1, 0.15) is 0 Å². The Labute approximate surface area is 154 Å². The summed E-state index contributed by atoms with van der Waals surface area (Å²) in [6, 6.07) is 6.30. The molecule has 8 heteroatoms. The normalized spacial score (nSPS) is 21.5. The molecule has 0 spiro atoms. The number of nitrogens with zero attached hydrogens (tertiary/aromatic N) is 3. The quantitative estimate of drug-likeness (QED) is 0.888. The average molecular weight is 376 g/mol. The number of hydrogen-bond donors (Lipinski definition) is 1. The van der Waals surface area contributed by atoms with Crippen LogP contribution in [0.25, 0.3) is 0 Å². The lowest BCUT2D eigenvalue weighted by molar-refractivity contribution is 0.102. The van der Waals surface area contributed by atoms with E-state index in [-0.39, 0.29) is 10.8 Å². The first-order valence-corrected chi connectivity index (χ1v) is 10.1. The van der Waals surface area contributed by atoms with Crippen molar-refractivity contribution < 1.29 is 13.2 Å². The smallest absolute Gasteiger partial charge is 0.258 e. The second kappa shape index (κ2) is 7.20. The highest BCUT2D eigenvalue weighted by molar-refractivity contribution is 7.89. The van der Waals surface area contributed by atoms with Gasteiger partial charge in [0.15, 0.2) is 0 Å². The Kier molecular flexibility index (Phi) is 5.15. The monoisotopic (exact) mass is 376 g/mol. The van der Waals surface area contributed by atoms with Crippen molar-refractivity contribution in [2.24, 2.45) is 18.9 Å². The lowest BCUT2D eigenvalue weighted by Crippen LogP contribution is -2.42. The molecule has 0 saturated carbocycles. The van der Waals surface area contributed by atoms with Gasteiger partial charge in [-0.3, -0.25) is 9.48 Å². The molecule has 1 aliphatic rings. The summed E-state index contributed by atoms with van der Waals surface area (Å²) in [6.07, 6.45) is 4.14. The van der Waals surface area contributed by atoms with Crippen LogP contribution in [0.5, 0.6) is 0 Å². The van der Waals surface area contributed by atoms with E-state index >= 15 is 0 Å². The molecule has 2 heterocycles. The zero-order chi connectivity index (χ0) is 18.9. The summed E-state index contributed by atoms with van der Waals surface area (Å²) < 4.78 is 28.8. The van der Waals surface area contributed by atoms with Crippen LogP contribution in [0.1, 0.15) is 30.6 Å². The number of carbonyl (C=O) groups excluding carboxylic acids is 1. The van der Waals surface area contributed by atoms with E-state index in [4.69, 9.17) is 0 Å². The first kappa shape index (κ1) is 18.6. The van der Waals surface area contributed by atoms with Gasteiger partial charge in [0.05, 0.1) is 16.7 Å². The zero-order valence-corrected chi connectivity index (χ0v) is 16.0. The van der Waals surface area contributed by atoms with Crippen LogP contribution in [0.2, 0.25) is 0 Å². The Morgan fingerprint density at radius 1 is 1.15 bits per heavy atom. The summed E-state index contributed by atoms with van der Waals surface area (Å²) >= 11 is 0. The number of aromatic nitrogens is 2. The third-order valence-corrected chi connectivity index (χ3v) is 6.40. The Morgan fingerprint density at radius 3 is 2.31 bits per heavy atom. The maximum atomic E-state index is 12.9.